The zero-order valence-electron chi connectivity index (χ0n) is 17.8. The summed E-state index contributed by atoms with van der Waals surface area (Å²) in [4.78, 5) is 12.7. The standard InChI is InChI=1S/C25H21ClFN3O3/c1-32-22-7-2-3-8-23(22)33-16-17-5-4-6-18(13-17)25(31)28-24-11-12-30(29-24)15-19-9-10-20(27)14-21(19)26/h2-14H,15-16H2,1H3,(H,28,29,31). The number of amides is 1. The minimum Gasteiger partial charge on any atom is -0.493 e. The molecule has 6 nitrogen and oxygen atoms in total. The molecule has 0 spiro atoms. The number of para-hydroxylation sites is 2. The Morgan fingerprint density at radius 2 is 1.88 bits per heavy atom. The van der Waals surface area contributed by atoms with Gasteiger partial charge in [-0.15, -0.1) is 0 Å². The van der Waals surface area contributed by atoms with Crippen LogP contribution in [0, 0.1) is 5.82 Å². The Bertz CT molecular complexity index is 1280. The first-order valence-electron chi connectivity index (χ1n) is 10.2. The zero-order valence-corrected chi connectivity index (χ0v) is 18.6. The van der Waals surface area contributed by atoms with Crippen molar-refractivity contribution in [2.24, 2.45) is 0 Å². The lowest BCUT2D eigenvalue weighted by molar-refractivity contribution is 0.102. The van der Waals surface area contributed by atoms with E-state index in [1.807, 2.05) is 30.3 Å². The average Bonchev–Trinajstić information content (AvgIpc) is 3.26. The predicted octanol–water partition coefficient (Wildman–Crippen LogP) is 5.56. The Balaban J connectivity index is 1.39. The SMILES string of the molecule is COc1ccccc1OCc1cccc(C(=O)Nc2ccn(Cc3ccc(F)cc3Cl)n2)c1. The van der Waals surface area contributed by atoms with Gasteiger partial charge in [-0.05, 0) is 47.5 Å². The van der Waals surface area contributed by atoms with E-state index < -0.39 is 5.82 Å². The van der Waals surface area contributed by atoms with Gasteiger partial charge in [-0.3, -0.25) is 9.48 Å². The van der Waals surface area contributed by atoms with Gasteiger partial charge in [0.2, 0.25) is 0 Å². The van der Waals surface area contributed by atoms with Gasteiger partial charge in [0.05, 0.1) is 13.7 Å². The van der Waals surface area contributed by atoms with Crippen LogP contribution in [0.5, 0.6) is 11.5 Å². The largest absolute Gasteiger partial charge is 0.493 e. The summed E-state index contributed by atoms with van der Waals surface area (Å²) in [6, 6.07) is 20.4. The molecule has 4 aromatic rings. The molecule has 0 aliphatic heterocycles. The molecule has 0 aliphatic rings. The molecular formula is C25H21ClFN3O3. The maximum Gasteiger partial charge on any atom is 0.256 e. The molecule has 1 heterocycles. The normalized spacial score (nSPS) is 10.6. The van der Waals surface area contributed by atoms with Crippen LogP contribution < -0.4 is 14.8 Å². The van der Waals surface area contributed by atoms with Crippen molar-refractivity contribution in [3.8, 4) is 11.5 Å². The van der Waals surface area contributed by atoms with Crippen LogP contribution in [0.25, 0.3) is 0 Å². The number of hydrogen-bond acceptors (Lipinski definition) is 4. The smallest absolute Gasteiger partial charge is 0.256 e. The fraction of sp³-hybridized carbons (Fsp3) is 0.120. The fourth-order valence-corrected chi connectivity index (χ4v) is 3.46. The molecule has 33 heavy (non-hydrogen) atoms. The third-order valence-corrected chi connectivity index (χ3v) is 5.23. The molecule has 0 aliphatic carbocycles. The van der Waals surface area contributed by atoms with Gasteiger partial charge in [-0.25, -0.2) is 4.39 Å². The molecule has 8 heteroatoms. The quantitative estimate of drug-likeness (QED) is 0.370. The Morgan fingerprint density at radius 1 is 1.06 bits per heavy atom. The third kappa shape index (κ3) is 5.70. The second-order valence-electron chi connectivity index (χ2n) is 7.23. The van der Waals surface area contributed by atoms with Crippen molar-refractivity contribution in [1.82, 2.24) is 9.78 Å². The number of hydrogen-bond donors (Lipinski definition) is 1. The number of carbonyl (C=O) groups excluding carboxylic acids is 1. The molecule has 1 amide bonds. The van der Waals surface area contributed by atoms with Crippen molar-refractivity contribution in [2.45, 2.75) is 13.2 Å². The number of nitrogens with zero attached hydrogens (tertiary/aromatic N) is 2. The van der Waals surface area contributed by atoms with Crippen molar-refractivity contribution >= 4 is 23.3 Å². The first kappa shape index (κ1) is 22.4. The van der Waals surface area contributed by atoms with Crippen LogP contribution in [0.1, 0.15) is 21.5 Å². The van der Waals surface area contributed by atoms with Gasteiger partial charge in [0.25, 0.3) is 5.91 Å². The van der Waals surface area contributed by atoms with Crippen molar-refractivity contribution in [3.63, 3.8) is 0 Å². The lowest BCUT2D eigenvalue weighted by Crippen LogP contribution is -2.13. The molecule has 0 saturated heterocycles. The van der Waals surface area contributed by atoms with Gasteiger partial charge in [-0.1, -0.05) is 41.9 Å². The number of benzene rings is 3. The summed E-state index contributed by atoms with van der Waals surface area (Å²) < 4.78 is 26.0. The Hall–Kier alpha value is -3.84. The lowest BCUT2D eigenvalue weighted by Gasteiger charge is -2.11. The van der Waals surface area contributed by atoms with Gasteiger partial charge < -0.3 is 14.8 Å². The van der Waals surface area contributed by atoms with Gasteiger partial charge in [0, 0.05) is 22.8 Å². The number of anilines is 1. The van der Waals surface area contributed by atoms with Crippen LogP contribution in [-0.2, 0) is 13.2 Å². The first-order valence-corrected chi connectivity index (χ1v) is 10.5. The maximum atomic E-state index is 13.2. The highest BCUT2D eigenvalue weighted by Crippen LogP contribution is 2.26. The number of methoxy groups -OCH3 is 1. The summed E-state index contributed by atoms with van der Waals surface area (Å²) in [5, 5.41) is 7.45. The van der Waals surface area contributed by atoms with E-state index in [2.05, 4.69) is 10.4 Å². The van der Waals surface area contributed by atoms with Gasteiger partial charge in [-0.2, -0.15) is 5.10 Å². The summed E-state index contributed by atoms with van der Waals surface area (Å²) in [5.74, 6) is 0.978. The van der Waals surface area contributed by atoms with Crippen LogP contribution in [0.3, 0.4) is 0 Å². The maximum absolute atomic E-state index is 13.2. The second kappa shape index (κ2) is 10.2. The molecule has 0 unspecified atom stereocenters. The highest BCUT2D eigenvalue weighted by molar-refractivity contribution is 6.31. The van der Waals surface area contributed by atoms with E-state index in [1.54, 1.807) is 48.3 Å². The van der Waals surface area contributed by atoms with E-state index in [-0.39, 0.29) is 12.5 Å². The summed E-state index contributed by atoms with van der Waals surface area (Å²) in [6.07, 6.45) is 1.72. The third-order valence-electron chi connectivity index (χ3n) is 4.88. The number of halogens is 2. The van der Waals surface area contributed by atoms with Crippen LogP contribution in [0.15, 0.2) is 79.0 Å². The lowest BCUT2D eigenvalue weighted by atomic mass is 10.1. The predicted molar refractivity (Wildman–Crippen MR) is 124 cm³/mol. The number of rotatable bonds is 8. The molecule has 1 aromatic heterocycles. The van der Waals surface area contributed by atoms with Gasteiger partial charge >= 0.3 is 0 Å². The highest BCUT2D eigenvalue weighted by atomic mass is 35.5. The molecule has 1 N–H and O–H groups in total. The molecule has 0 atom stereocenters. The van der Waals surface area contributed by atoms with Crippen LogP contribution >= 0.6 is 11.6 Å². The van der Waals surface area contributed by atoms with E-state index in [1.165, 1.54) is 12.1 Å². The number of nitrogens with one attached hydrogen (secondary N) is 1. The van der Waals surface area contributed by atoms with E-state index >= 15 is 0 Å². The van der Waals surface area contributed by atoms with E-state index in [9.17, 15) is 9.18 Å². The molecular weight excluding hydrogens is 445 g/mol. The highest BCUT2D eigenvalue weighted by Gasteiger charge is 2.11. The van der Waals surface area contributed by atoms with Crippen LogP contribution in [0.4, 0.5) is 10.2 Å². The molecule has 0 radical (unpaired) electrons. The number of carbonyl (C=O) groups is 1. The Labute approximate surface area is 195 Å². The number of ether oxygens (including phenoxy) is 2. The molecule has 0 fully saturated rings. The fourth-order valence-electron chi connectivity index (χ4n) is 3.23. The van der Waals surface area contributed by atoms with Crippen LogP contribution in [-0.4, -0.2) is 22.8 Å². The second-order valence-corrected chi connectivity index (χ2v) is 7.64. The summed E-state index contributed by atoms with van der Waals surface area (Å²) in [5.41, 5.74) is 2.04. The molecule has 0 bridgehead atoms. The summed E-state index contributed by atoms with van der Waals surface area (Å²) >= 11 is 6.08. The van der Waals surface area contributed by atoms with Gasteiger partial charge in [0.15, 0.2) is 17.3 Å². The Morgan fingerprint density at radius 3 is 2.67 bits per heavy atom. The minimum absolute atomic E-state index is 0.286. The number of aromatic nitrogens is 2. The molecule has 3 aromatic carbocycles. The van der Waals surface area contributed by atoms with Crippen LogP contribution in [0.2, 0.25) is 5.02 Å². The van der Waals surface area contributed by atoms with Gasteiger partial charge in [0.1, 0.15) is 12.4 Å². The van der Waals surface area contributed by atoms with Crippen molar-refractivity contribution in [2.75, 3.05) is 12.4 Å². The van der Waals surface area contributed by atoms with E-state index in [0.717, 1.165) is 11.1 Å². The van der Waals surface area contributed by atoms with Crippen molar-refractivity contribution in [1.29, 1.82) is 0 Å². The Kier molecular flexibility index (Phi) is 6.90. The van der Waals surface area contributed by atoms with Crippen molar-refractivity contribution in [3.05, 3.63) is 107 Å². The molecule has 0 saturated carbocycles. The molecule has 4 rings (SSSR count). The summed E-state index contributed by atoms with van der Waals surface area (Å²) in [7, 11) is 1.59. The van der Waals surface area contributed by atoms with Crippen molar-refractivity contribution < 1.29 is 18.7 Å². The minimum atomic E-state index is -0.396. The zero-order chi connectivity index (χ0) is 23.2. The van der Waals surface area contributed by atoms with E-state index in [4.69, 9.17) is 21.1 Å². The first-order chi connectivity index (χ1) is 16.0. The van der Waals surface area contributed by atoms with E-state index in [0.29, 0.717) is 34.4 Å². The summed E-state index contributed by atoms with van der Waals surface area (Å²) in [6.45, 7) is 0.638. The average molecular weight is 466 g/mol. The topological polar surface area (TPSA) is 65.4 Å². The monoisotopic (exact) mass is 465 g/mol. The molecule has 168 valence electrons.